The Balaban J connectivity index is 3.07. The fourth-order valence-corrected chi connectivity index (χ4v) is 3.32. The van der Waals surface area contributed by atoms with Crippen molar-refractivity contribution < 1.29 is 13.2 Å². The van der Waals surface area contributed by atoms with Crippen molar-refractivity contribution >= 4 is 37.2 Å². The zero-order chi connectivity index (χ0) is 15.5. The van der Waals surface area contributed by atoms with Crippen LogP contribution in [0.15, 0.2) is 23.1 Å². The molecule has 1 rings (SSSR count). The SMILES string of the molecule is CCC(NC(=O)c1ccc(Cl)c(S(=O)(=O)Cl)c1)C(C)C. The number of carbonyl (C=O) groups is 1. The Labute approximate surface area is 128 Å². The van der Waals surface area contributed by atoms with Crippen LogP contribution < -0.4 is 5.32 Å². The Hall–Kier alpha value is -0.780. The van der Waals surface area contributed by atoms with Crippen molar-refractivity contribution in [2.75, 3.05) is 0 Å². The van der Waals surface area contributed by atoms with Gasteiger partial charge in [0.15, 0.2) is 0 Å². The zero-order valence-corrected chi connectivity index (χ0v) is 13.8. The predicted molar refractivity (Wildman–Crippen MR) is 80.9 cm³/mol. The van der Waals surface area contributed by atoms with Crippen LogP contribution in [0, 0.1) is 5.92 Å². The normalized spacial score (nSPS) is 13.3. The van der Waals surface area contributed by atoms with Crippen molar-refractivity contribution in [2.24, 2.45) is 5.92 Å². The average Bonchev–Trinajstić information content (AvgIpc) is 2.34. The van der Waals surface area contributed by atoms with Crippen LogP contribution in [0.5, 0.6) is 0 Å². The molecule has 0 aliphatic rings. The minimum atomic E-state index is -3.98. The van der Waals surface area contributed by atoms with Gasteiger partial charge in [0.05, 0.1) is 5.02 Å². The van der Waals surface area contributed by atoms with Gasteiger partial charge < -0.3 is 5.32 Å². The summed E-state index contributed by atoms with van der Waals surface area (Å²) in [6.07, 6.45) is 0.789. The molecule has 1 aromatic carbocycles. The number of amides is 1. The van der Waals surface area contributed by atoms with Crippen LogP contribution in [0.3, 0.4) is 0 Å². The second-order valence-corrected chi connectivity index (χ2v) is 7.76. The lowest BCUT2D eigenvalue weighted by atomic mass is 10.0. The number of benzene rings is 1. The first-order valence-electron chi connectivity index (χ1n) is 6.21. The molecule has 0 aliphatic carbocycles. The van der Waals surface area contributed by atoms with Crippen molar-refractivity contribution in [3.63, 3.8) is 0 Å². The fourth-order valence-electron chi connectivity index (χ4n) is 1.82. The van der Waals surface area contributed by atoms with Crippen molar-refractivity contribution in [1.82, 2.24) is 5.32 Å². The zero-order valence-electron chi connectivity index (χ0n) is 11.5. The van der Waals surface area contributed by atoms with Gasteiger partial charge in [-0.15, -0.1) is 0 Å². The minimum Gasteiger partial charge on any atom is -0.349 e. The largest absolute Gasteiger partial charge is 0.349 e. The van der Waals surface area contributed by atoms with E-state index in [0.29, 0.717) is 0 Å². The highest BCUT2D eigenvalue weighted by molar-refractivity contribution is 8.13. The van der Waals surface area contributed by atoms with E-state index in [1.807, 2.05) is 20.8 Å². The van der Waals surface area contributed by atoms with Crippen LogP contribution in [0.2, 0.25) is 5.02 Å². The van der Waals surface area contributed by atoms with E-state index in [1.165, 1.54) is 18.2 Å². The Bertz CT molecular complexity index is 600. The van der Waals surface area contributed by atoms with E-state index in [0.717, 1.165) is 6.42 Å². The van der Waals surface area contributed by atoms with Crippen LogP contribution >= 0.6 is 22.3 Å². The molecule has 0 aliphatic heterocycles. The molecule has 0 aromatic heterocycles. The first kappa shape index (κ1) is 17.3. The molecule has 20 heavy (non-hydrogen) atoms. The summed E-state index contributed by atoms with van der Waals surface area (Å²) < 4.78 is 22.7. The summed E-state index contributed by atoms with van der Waals surface area (Å²) in [4.78, 5) is 11.9. The standard InChI is InChI=1S/C13H17Cl2NO3S/c1-4-11(8(2)3)16-13(17)9-5-6-10(14)12(7-9)20(15,18)19/h5-8,11H,4H2,1-3H3,(H,16,17). The predicted octanol–water partition coefficient (Wildman–Crippen LogP) is 3.43. The molecule has 112 valence electrons. The third-order valence-corrected chi connectivity index (χ3v) is 4.82. The van der Waals surface area contributed by atoms with Crippen LogP contribution in [0.4, 0.5) is 0 Å². The monoisotopic (exact) mass is 337 g/mol. The molecule has 0 bridgehead atoms. The summed E-state index contributed by atoms with van der Waals surface area (Å²) in [5.74, 6) is -0.0590. The Kier molecular flexibility index (Phi) is 5.86. The Morgan fingerprint density at radius 3 is 2.40 bits per heavy atom. The molecule has 0 spiro atoms. The average molecular weight is 338 g/mol. The van der Waals surface area contributed by atoms with Gasteiger partial charge in [-0.1, -0.05) is 32.4 Å². The van der Waals surface area contributed by atoms with Crippen LogP contribution in [0.1, 0.15) is 37.6 Å². The maximum Gasteiger partial charge on any atom is 0.262 e. The maximum atomic E-state index is 12.1. The summed E-state index contributed by atoms with van der Waals surface area (Å²) in [5.41, 5.74) is 0.215. The number of rotatable bonds is 5. The van der Waals surface area contributed by atoms with Gasteiger partial charge in [-0.05, 0) is 30.5 Å². The van der Waals surface area contributed by atoms with Crippen LogP contribution in [0.25, 0.3) is 0 Å². The lowest BCUT2D eigenvalue weighted by Crippen LogP contribution is -2.38. The molecule has 1 amide bonds. The summed E-state index contributed by atoms with van der Waals surface area (Å²) >= 11 is 5.77. The fraction of sp³-hybridized carbons (Fsp3) is 0.462. The lowest BCUT2D eigenvalue weighted by molar-refractivity contribution is 0.0924. The highest BCUT2D eigenvalue weighted by atomic mass is 35.7. The molecular formula is C13H17Cl2NO3S. The number of hydrogen-bond acceptors (Lipinski definition) is 3. The number of nitrogens with one attached hydrogen (secondary N) is 1. The number of hydrogen-bond donors (Lipinski definition) is 1. The number of carbonyl (C=O) groups excluding carboxylic acids is 1. The van der Waals surface area contributed by atoms with Gasteiger partial charge in [-0.25, -0.2) is 8.42 Å². The van der Waals surface area contributed by atoms with Crippen molar-refractivity contribution in [1.29, 1.82) is 0 Å². The van der Waals surface area contributed by atoms with Gasteiger partial charge in [-0.2, -0.15) is 0 Å². The van der Waals surface area contributed by atoms with E-state index in [-0.39, 0.29) is 33.3 Å². The van der Waals surface area contributed by atoms with Gasteiger partial charge in [0.2, 0.25) is 0 Å². The van der Waals surface area contributed by atoms with Gasteiger partial charge in [0.25, 0.3) is 15.0 Å². The topological polar surface area (TPSA) is 63.2 Å². The van der Waals surface area contributed by atoms with Gasteiger partial charge in [-0.3, -0.25) is 4.79 Å². The summed E-state index contributed by atoms with van der Waals surface area (Å²) in [7, 11) is 1.30. The summed E-state index contributed by atoms with van der Waals surface area (Å²) in [6.45, 7) is 5.98. The van der Waals surface area contributed by atoms with E-state index in [1.54, 1.807) is 0 Å². The Morgan fingerprint density at radius 2 is 1.95 bits per heavy atom. The second-order valence-electron chi connectivity index (χ2n) is 4.82. The summed E-state index contributed by atoms with van der Waals surface area (Å²) in [6, 6.07) is 4.03. The highest BCUT2D eigenvalue weighted by Gasteiger charge is 2.20. The molecule has 1 unspecified atom stereocenters. The highest BCUT2D eigenvalue weighted by Crippen LogP contribution is 2.25. The molecule has 7 heteroatoms. The van der Waals surface area contributed by atoms with Crippen LogP contribution in [-0.2, 0) is 9.05 Å². The quantitative estimate of drug-likeness (QED) is 0.837. The first-order valence-corrected chi connectivity index (χ1v) is 8.90. The molecule has 1 N–H and O–H groups in total. The van der Waals surface area contributed by atoms with E-state index >= 15 is 0 Å². The minimum absolute atomic E-state index is 0.00699. The van der Waals surface area contributed by atoms with Crippen molar-refractivity contribution in [3.05, 3.63) is 28.8 Å². The molecule has 0 fully saturated rings. The smallest absolute Gasteiger partial charge is 0.262 e. The van der Waals surface area contributed by atoms with E-state index in [9.17, 15) is 13.2 Å². The molecular weight excluding hydrogens is 321 g/mol. The Morgan fingerprint density at radius 1 is 1.35 bits per heavy atom. The molecule has 0 saturated carbocycles. The molecule has 0 saturated heterocycles. The third kappa shape index (κ3) is 4.36. The first-order chi connectivity index (χ1) is 9.16. The number of halogens is 2. The lowest BCUT2D eigenvalue weighted by Gasteiger charge is -2.20. The second kappa shape index (κ2) is 6.78. The maximum absolute atomic E-state index is 12.1. The van der Waals surface area contributed by atoms with E-state index in [4.69, 9.17) is 22.3 Å². The summed E-state index contributed by atoms with van der Waals surface area (Å²) in [5, 5.41) is 2.85. The molecule has 1 aromatic rings. The third-order valence-electron chi connectivity index (χ3n) is 3.02. The molecule has 0 heterocycles. The van der Waals surface area contributed by atoms with E-state index < -0.39 is 9.05 Å². The van der Waals surface area contributed by atoms with Gasteiger partial charge >= 0.3 is 0 Å². The van der Waals surface area contributed by atoms with Gasteiger partial charge in [0.1, 0.15) is 4.90 Å². The molecule has 0 radical (unpaired) electrons. The van der Waals surface area contributed by atoms with Crippen LogP contribution in [-0.4, -0.2) is 20.4 Å². The van der Waals surface area contributed by atoms with Crippen molar-refractivity contribution in [3.8, 4) is 0 Å². The van der Waals surface area contributed by atoms with E-state index in [2.05, 4.69) is 5.32 Å². The van der Waals surface area contributed by atoms with Gasteiger partial charge in [0, 0.05) is 22.3 Å². The molecule has 1 atom stereocenters. The molecule has 4 nitrogen and oxygen atoms in total. The van der Waals surface area contributed by atoms with Crippen molar-refractivity contribution in [2.45, 2.75) is 38.1 Å².